The average molecular weight is 290 g/mol. The molecule has 2 atom stereocenters. The van der Waals surface area contributed by atoms with Gasteiger partial charge in [-0.25, -0.2) is 4.79 Å². The van der Waals surface area contributed by atoms with Gasteiger partial charge < -0.3 is 9.47 Å². The zero-order valence-corrected chi connectivity index (χ0v) is 13.6. The maximum atomic E-state index is 12.3. The molecule has 1 aromatic rings. The van der Waals surface area contributed by atoms with E-state index in [1.165, 1.54) is 0 Å². The van der Waals surface area contributed by atoms with E-state index in [-0.39, 0.29) is 11.9 Å². The first-order chi connectivity index (χ1) is 9.83. The average Bonchev–Trinajstić information content (AvgIpc) is 2.38. The van der Waals surface area contributed by atoms with E-state index >= 15 is 0 Å². The predicted octanol–water partition coefficient (Wildman–Crippen LogP) is 4.13. The lowest BCUT2D eigenvalue weighted by Crippen LogP contribution is -2.37. The summed E-state index contributed by atoms with van der Waals surface area (Å²) in [5.74, 6) is -0.349. The van der Waals surface area contributed by atoms with Crippen LogP contribution in [0.1, 0.15) is 40.2 Å². The zero-order chi connectivity index (χ0) is 15.9. The molecule has 0 saturated heterocycles. The topological polar surface area (TPSA) is 35.5 Å². The van der Waals surface area contributed by atoms with Crippen molar-refractivity contribution in [1.29, 1.82) is 0 Å². The van der Waals surface area contributed by atoms with Crippen molar-refractivity contribution in [3.8, 4) is 0 Å². The van der Waals surface area contributed by atoms with E-state index in [0.29, 0.717) is 6.61 Å². The molecular formula is C18H26O3. The second-order valence-corrected chi connectivity index (χ2v) is 6.14. The molecule has 0 bridgehead atoms. The molecule has 0 amide bonds. The highest BCUT2D eigenvalue weighted by molar-refractivity contribution is 5.75. The van der Waals surface area contributed by atoms with Crippen molar-refractivity contribution in [1.82, 2.24) is 0 Å². The van der Waals surface area contributed by atoms with Gasteiger partial charge in [0.1, 0.15) is 5.60 Å². The Morgan fingerprint density at radius 2 is 1.86 bits per heavy atom. The van der Waals surface area contributed by atoms with Crippen LogP contribution in [0.2, 0.25) is 0 Å². The number of esters is 1. The molecule has 0 heterocycles. The molecule has 0 aromatic heterocycles. The molecule has 0 spiro atoms. The number of hydrogen-bond acceptors (Lipinski definition) is 3. The van der Waals surface area contributed by atoms with Gasteiger partial charge in [0.25, 0.3) is 0 Å². The molecule has 1 rings (SSSR count). The van der Waals surface area contributed by atoms with Crippen molar-refractivity contribution >= 4 is 5.97 Å². The highest BCUT2D eigenvalue weighted by Crippen LogP contribution is 2.18. The van der Waals surface area contributed by atoms with Gasteiger partial charge in [-0.05, 0) is 33.3 Å². The lowest BCUT2D eigenvalue weighted by molar-refractivity contribution is -0.171. The van der Waals surface area contributed by atoms with Gasteiger partial charge in [-0.15, -0.1) is 0 Å². The van der Waals surface area contributed by atoms with E-state index in [9.17, 15) is 4.79 Å². The largest absolute Gasteiger partial charge is 0.458 e. The first-order valence-corrected chi connectivity index (χ1v) is 7.34. The molecule has 1 aromatic carbocycles. The minimum atomic E-state index is -0.597. The van der Waals surface area contributed by atoms with Crippen molar-refractivity contribution < 1.29 is 14.3 Å². The van der Waals surface area contributed by atoms with Crippen LogP contribution in [-0.2, 0) is 20.9 Å². The first-order valence-electron chi connectivity index (χ1n) is 7.34. The van der Waals surface area contributed by atoms with Gasteiger partial charge in [0.05, 0.1) is 6.61 Å². The van der Waals surface area contributed by atoms with Gasteiger partial charge >= 0.3 is 5.97 Å². The highest BCUT2D eigenvalue weighted by atomic mass is 16.6. The molecule has 0 aliphatic carbocycles. The maximum absolute atomic E-state index is 12.3. The molecule has 0 aliphatic heterocycles. The lowest BCUT2D eigenvalue weighted by atomic mass is 10.0. The zero-order valence-electron chi connectivity index (χ0n) is 13.6. The van der Waals surface area contributed by atoms with E-state index in [4.69, 9.17) is 9.47 Å². The van der Waals surface area contributed by atoms with Crippen molar-refractivity contribution in [2.75, 3.05) is 0 Å². The first kappa shape index (κ1) is 17.4. The van der Waals surface area contributed by atoms with Crippen LogP contribution in [0.15, 0.2) is 42.5 Å². The highest BCUT2D eigenvalue weighted by Gasteiger charge is 2.29. The van der Waals surface area contributed by atoms with Crippen molar-refractivity contribution in [3.05, 3.63) is 48.0 Å². The Labute approximate surface area is 128 Å². The van der Waals surface area contributed by atoms with E-state index in [1.54, 1.807) is 0 Å². The Hall–Kier alpha value is -1.61. The fourth-order valence-electron chi connectivity index (χ4n) is 1.96. The smallest absolute Gasteiger partial charge is 0.336 e. The molecule has 0 radical (unpaired) electrons. The van der Waals surface area contributed by atoms with Crippen LogP contribution >= 0.6 is 0 Å². The quantitative estimate of drug-likeness (QED) is 0.584. The second kappa shape index (κ2) is 7.99. The lowest BCUT2D eigenvalue weighted by Gasteiger charge is -2.26. The minimum absolute atomic E-state index is 0.0337. The number of carbonyl (C=O) groups is 1. The van der Waals surface area contributed by atoms with Crippen LogP contribution < -0.4 is 0 Å². The van der Waals surface area contributed by atoms with Gasteiger partial charge in [-0.3, -0.25) is 0 Å². The van der Waals surface area contributed by atoms with Gasteiger partial charge in [0.15, 0.2) is 6.10 Å². The summed E-state index contributed by atoms with van der Waals surface area (Å²) in [6.45, 7) is 9.87. The number of ether oxygens (including phenoxy) is 2. The van der Waals surface area contributed by atoms with Crippen LogP contribution in [0.4, 0.5) is 0 Å². The molecule has 21 heavy (non-hydrogen) atoms. The number of benzene rings is 1. The molecule has 3 heteroatoms. The van der Waals surface area contributed by atoms with Crippen LogP contribution in [0.5, 0.6) is 0 Å². The summed E-state index contributed by atoms with van der Waals surface area (Å²) in [6, 6.07) is 9.82. The number of hydrogen-bond donors (Lipinski definition) is 0. The third kappa shape index (κ3) is 6.58. The predicted molar refractivity (Wildman–Crippen MR) is 84.8 cm³/mol. The number of rotatable bonds is 6. The van der Waals surface area contributed by atoms with Crippen LogP contribution in [-0.4, -0.2) is 17.7 Å². The Morgan fingerprint density at radius 3 is 2.38 bits per heavy atom. The van der Waals surface area contributed by atoms with Crippen molar-refractivity contribution in [2.24, 2.45) is 5.92 Å². The third-order valence-electron chi connectivity index (χ3n) is 2.89. The van der Waals surface area contributed by atoms with E-state index < -0.39 is 11.7 Å². The molecule has 0 aliphatic rings. The summed E-state index contributed by atoms with van der Waals surface area (Å²) >= 11 is 0. The molecule has 116 valence electrons. The van der Waals surface area contributed by atoms with Gasteiger partial charge in [0, 0.05) is 5.92 Å². The van der Waals surface area contributed by atoms with Gasteiger partial charge in [0.2, 0.25) is 0 Å². The van der Waals surface area contributed by atoms with Crippen LogP contribution in [0.3, 0.4) is 0 Å². The van der Waals surface area contributed by atoms with E-state index in [0.717, 1.165) is 5.56 Å². The van der Waals surface area contributed by atoms with Gasteiger partial charge in [-0.1, -0.05) is 49.4 Å². The summed E-state index contributed by atoms with van der Waals surface area (Å²) in [7, 11) is 0. The standard InChI is InChI=1S/C18H26O3/c1-6-10-14(2)16(17(19)21-18(3,4)5)20-13-15-11-8-7-9-12-15/h6-12,14,16H,13H2,1-5H3/b10-6+/t14-,16+/m0/s1. The Bertz CT molecular complexity index is 457. The normalized spacial score (nSPS) is 14.9. The van der Waals surface area contributed by atoms with Gasteiger partial charge in [-0.2, -0.15) is 0 Å². The number of carbonyl (C=O) groups excluding carboxylic acids is 1. The Morgan fingerprint density at radius 1 is 1.24 bits per heavy atom. The summed E-state index contributed by atoms with van der Waals surface area (Å²) < 4.78 is 11.3. The molecule has 0 fully saturated rings. The van der Waals surface area contributed by atoms with E-state index in [2.05, 4.69) is 0 Å². The molecule has 0 unspecified atom stereocenters. The number of allylic oxidation sites excluding steroid dienone is 1. The van der Waals surface area contributed by atoms with Crippen molar-refractivity contribution in [2.45, 2.75) is 52.9 Å². The van der Waals surface area contributed by atoms with Crippen LogP contribution in [0.25, 0.3) is 0 Å². The Kier molecular flexibility index (Phi) is 6.63. The summed E-state index contributed by atoms with van der Waals surface area (Å²) in [5, 5.41) is 0. The van der Waals surface area contributed by atoms with Crippen LogP contribution in [0, 0.1) is 5.92 Å². The molecule has 3 nitrogen and oxygen atoms in total. The molecule has 0 saturated carbocycles. The Balaban J connectivity index is 2.75. The van der Waals surface area contributed by atoms with E-state index in [1.807, 2.05) is 77.1 Å². The summed E-state index contributed by atoms with van der Waals surface area (Å²) in [6.07, 6.45) is 3.29. The monoisotopic (exact) mass is 290 g/mol. The SMILES string of the molecule is C/C=C/[C@H](C)[C@@H](OCc1ccccc1)C(=O)OC(C)(C)C. The third-order valence-corrected chi connectivity index (χ3v) is 2.89. The van der Waals surface area contributed by atoms with Crippen molar-refractivity contribution in [3.63, 3.8) is 0 Å². The summed E-state index contributed by atoms with van der Waals surface area (Å²) in [4.78, 5) is 12.3. The fourth-order valence-corrected chi connectivity index (χ4v) is 1.96. The molecule has 0 N–H and O–H groups in total. The fraction of sp³-hybridized carbons (Fsp3) is 0.500. The second-order valence-electron chi connectivity index (χ2n) is 6.14. The molecular weight excluding hydrogens is 264 g/mol. The maximum Gasteiger partial charge on any atom is 0.336 e. The minimum Gasteiger partial charge on any atom is -0.458 e. The summed E-state index contributed by atoms with van der Waals surface area (Å²) in [5.41, 5.74) is 0.528.